The first-order chi connectivity index (χ1) is 18.5. The molecule has 0 bridgehead atoms. The Bertz CT molecular complexity index is 1070. The van der Waals surface area contributed by atoms with E-state index in [1.165, 1.54) is 44.1 Å². The summed E-state index contributed by atoms with van der Waals surface area (Å²) in [5.74, 6) is 3.24. The highest BCUT2D eigenvalue weighted by Crippen LogP contribution is 2.35. The van der Waals surface area contributed by atoms with Gasteiger partial charge in [0.15, 0.2) is 5.11 Å². The Labute approximate surface area is 237 Å². The van der Waals surface area contributed by atoms with Gasteiger partial charge in [0.05, 0.1) is 0 Å². The molecule has 0 saturated carbocycles. The van der Waals surface area contributed by atoms with E-state index in [1.807, 2.05) is 12.1 Å². The minimum absolute atomic E-state index is 0.0846. The molecule has 3 fully saturated rings. The van der Waals surface area contributed by atoms with Crippen molar-refractivity contribution in [3.05, 3.63) is 40.9 Å². The molecule has 38 heavy (non-hydrogen) atoms. The number of nitrogens with one attached hydrogen (secondary N) is 2. The van der Waals surface area contributed by atoms with E-state index in [0.717, 1.165) is 68.9 Å². The SMILES string of the molecule is CC1CCCN(c2cc(N3CCCCCC3)nc(NC(=S)NCC3(c4cccc(Cl)c4)CCOCC3)n2)C1. The highest BCUT2D eigenvalue weighted by atomic mass is 35.5. The van der Waals surface area contributed by atoms with E-state index in [9.17, 15) is 0 Å². The highest BCUT2D eigenvalue weighted by molar-refractivity contribution is 7.80. The lowest BCUT2D eigenvalue weighted by atomic mass is 9.74. The Morgan fingerprint density at radius 1 is 1.03 bits per heavy atom. The first-order valence-corrected chi connectivity index (χ1v) is 15.1. The predicted octanol–water partition coefficient (Wildman–Crippen LogP) is 5.78. The molecule has 206 valence electrons. The monoisotopic (exact) mass is 556 g/mol. The molecule has 0 spiro atoms. The van der Waals surface area contributed by atoms with E-state index in [4.69, 9.17) is 38.5 Å². The molecule has 1 aromatic heterocycles. The summed E-state index contributed by atoms with van der Waals surface area (Å²) in [7, 11) is 0. The lowest BCUT2D eigenvalue weighted by molar-refractivity contribution is 0.0515. The fraction of sp³-hybridized carbons (Fsp3) is 0.621. The molecule has 2 aromatic rings. The van der Waals surface area contributed by atoms with Gasteiger partial charge in [-0.2, -0.15) is 9.97 Å². The summed E-state index contributed by atoms with van der Waals surface area (Å²) >= 11 is 12.1. The van der Waals surface area contributed by atoms with Crippen LogP contribution < -0.4 is 20.4 Å². The van der Waals surface area contributed by atoms with Gasteiger partial charge in [0.2, 0.25) is 5.95 Å². The number of thiocarbonyl (C=S) groups is 1. The van der Waals surface area contributed by atoms with E-state index in [0.29, 0.717) is 23.5 Å². The molecule has 3 aliphatic heterocycles. The zero-order valence-electron chi connectivity index (χ0n) is 22.6. The summed E-state index contributed by atoms with van der Waals surface area (Å²) in [5.41, 5.74) is 1.14. The lowest BCUT2D eigenvalue weighted by Crippen LogP contribution is -2.45. The van der Waals surface area contributed by atoms with Crippen LogP contribution in [0, 0.1) is 5.92 Å². The van der Waals surface area contributed by atoms with E-state index < -0.39 is 0 Å². The zero-order chi connectivity index (χ0) is 26.4. The molecule has 1 aromatic carbocycles. The number of benzene rings is 1. The van der Waals surface area contributed by atoms with Crippen molar-refractivity contribution in [1.29, 1.82) is 0 Å². The Kier molecular flexibility index (Phi) is 9.23. The first-order valence-electron chi connectivity index (χ1n) is 14.3. The zero-order valence-corrected chi connectivity index (χ0v) is 24.1. The van der Waals surface area contributed by atoms with Crippen LogP contribution in [0.2, 0.25) is 5.02 Å². The number of ether oxygens (including phenoxy) is 1. The van der Waals surface area contributed by atoms with Crippen molar-refractivity contribution in [1.82, 2.24) is 15.3 Å². The summed E-state index contributed by atoms with van der Waals surface area (Å²) < 4.78 is 5.70. The molecule has 1 atom stereocenters. The average Bonchev–Trinajstić information content (AvgIpc) is 3.22. The molecule has 0 aliphatic carbocycles. The van der Waals surface area contributed by atoms with Gasteiger partial charge in [-0.15, -0.1) is 0 Å². The number of nitrogens with zero attached hydrogens (tertiary/aromatic N) is 4. The molecule has 3 saturated heterocycles. The summed E-state index contributed by atoms with van der Waals surface area (Å²) in [6, 6.07) is 10.4. The molecule has 3 aliphatic rings. The van der Waals surface area contributed by atoms with Gasteiger partial charge in [-0.25, -0.2) is 0 Å². The number of piperidine rings is 1. The van der Waals surface area contributed by atoms with Gasteiger partial charge in [0, 0.05) is 62.4 Å². The van der Waals surface area contributed by atoms with Gasteiger partial charge in [0.25, 0.3) is 0 Å². The van der Waals surface area contributed by atoms with Crippen LogP contribution in [0.25, 0.3) is 0 Å². The van der Waals surface area contributed by atoms with Crippen LogP contribution in [0.4, 0.5) is 17.6 Å². The smallest absolute Gasteiger partial charge is 0.232 e. The Balaban J connectivity index is 1.33. The van der Waals surface area contributed by atoms with Gasteiger partial charge in [0.1, 0.15) is 11.6 Å². The third-order valence-corrected chi connectivity index (χ3v) is 8.79. The summed E-state index contributed by atoms with van der Waals surface area (Å²) in [4.78, 5) is 14.7. The van der Waals surface area contributed by atoms with E-state index >= 15 is 0 Å². The van der Waals surface area contributed by atoms with Crippen molar-refractivity contribution in [3.63, 3.8) is 0 Å². The minimum atomic E-state index is -0.0846. The van der Waals surface area contributed by atoms with E-state index in [-0.39, 0.29) is 5.41 Å². The number of halogens is 1. The van der Waals surface area contributed by atoms with Crippen molar-refractivity contribution in [3.8, 4) is 0 Å². The molecule has 1 unspecified atom stereocenters. The quantitative estimate of drug-likeness (QED) is 0.434. The molecular weight excluding hydrogens is 516 g/mol. The Morgan fingerprint density at radius 3 is 2.45 bits per heavy atom. The molecule has 4 heterocycles. The van der Waals surface area contributed by atoms with Gasteiger partial charge in [-0.1, -0.05) is 43.5 Å². The molecule has 2 N–H and O–H groups in total. The van der Waals surface area contributed by atoms with E-state index in [1.54, 1.807) is 0 Å². The second kappa shape index (κ2) is 12.8. The van der Waals surface area contributed by atoms with Crippen LogP contribution >= 0.6 is 23.8 Å². The largest absolute Gasteiger partial charge is 0.381 e. The number of hydrogen-bond acceptors (Lipinski definition) is 6. The van der Waals surface area contributed by atoms with Gasteiger partial charge < -0.3 is 25.2 Å². The van der Waals surface area contributed by atoms with Crippen LogP contribution in [-0.4, -0.2) is 61.0 Å². The summed E-state index contributed by atoms with van der Waals surface area (Å²) in [6.45, 7) is 8.63. The Morgan fingerprint density at radius 2 is 1.74 bits per heavy atom. The molecule has 7 nitrogen and oxygen atoms in total. The summed E-state index contributed by atoms with van der Waals surface area (Å²) in [6.07, 6.45) is 9.30. The fourth-order valence-corrected chi connectivity index (χ4v) is 6.40. The summed E-state index contributed by atoms with van der Waals surface area (Å²) in [5, 5.41) is 8.13. The number of anilines is 3. The second-order valence-electron chi connectivity index (χ2n) is 11.2. The normalized spacial score (nSPS) is 22.0. The van der Waals surface area contributed by atoms with Crippen molar-refractivity contribution in [2.45, 2.75) is 63.7 Å². The predicted molar refractivity (Wildman–Crippen MR) is 161 cm³/mol. The maximum absolute atomic E-state index is 6.36. The average molecular weight is 557 g/mol. The molecule has 0 amide bonds. The minimum Gasteiger partial charge on any atom is -0.381 e. The van der Waals surface area contributed by atoms with Crippen LogP contribution in [-0.2, 0) is 10.2 Å². The topological polar surface area (TPSA) is 65.5 Å². The van der Waals surface area contributed by atoms with E-state index in [2.05, 4.69) is 45.6 Å². The van der Waals surface area contributed by atoms with Crippen molar-refractivity contribution < 1.29 is 4.74 Å². The number of hydrogen-bond donors (Lipinski definition) is 2. The maximum atomic E-state index is 6.36. The molecule has 9 heteroatoms. The fourth-order valence-electron chi connectivity index (χ4n) is 6.04. The van der Waals surface area contributed by atoms with Crippen LogP contribution in [0.1, 0.15) is 63.9 Å². The van der Waals surface area contributed by atoms with Gasteiger partial charge >= 0.3 is 0 Å². The third-order valence-electron chi connectivity index (χ3n) is 8.31. The Hall–Kier alpha value is -2.16. The van der Waals surface area contributed by atoms with Crippen molar-refractivity contribution in [2.24, 2.45) is 5.92 Å². The third kappa shape index (κ3) is 6.88. The van der Waals surface area contributed by atoms with Gasteiger partial charge in [-0.3, -0.25) is 0 Å². The number of aromatic nitrogens is 2. The van der Waals surface area contributed by atoms with Crippen molar-refractivity contribution >= 4 is 46.5 Å². The van der Waals surface area contributed by atoms with Gasteiger partial charge in [-0.05, 0) is 74.4 Å². The lowest BCUT2D eigenvalue weighted by Gasteiger charge is -2.38. The second-order valence-corrected chi connectivity index (χ2v) is 12.1. The number of rotatable bonds is 6. The van der Waals surface area contributed by atoms with Crippen LogP contribution in [0.3, 0.4) is 0 Å². The first kappa shape index (κ1) is 27.4. The maximum Gasteiger partial charge on any atom is 0.232 e. The molecule has 0 radical (unpaired) electrons. The van der Waals surface area contributed by atoms with Crippen molar-refractivity contribution in [2.75, 3.05) is 61.1 Å². The molecular formula is C29H41ClN6OS. The standard InChI is InChI=1S/C29H41ClN6OS/c1-22-8-7-15-36(20-22)26-19-25(35-13-4-2-3-5-14-35)32-27(33-26)34-28(38)31-21-29(11-16-37-17-12-29)23-9-6-10-24(30)18-23/h6,9-10,18-19,22H,2-5,7-8,11-17,20-21H2,1H3,(H2,31,32,33,34,38). The van der Waals surface area contributed by atoms with Crippen LogP contribution in [0.5, 0.6) is 0 Å². The highest BCUT2D eigenvalue weighted by Gasteiger charge is 2.35. The molecule has 5 rings (SSSR count). The van der Waals surface area contributed by atoms with Crippen LogP contribution in [0.15, 0.2) is 30.3 Å².